The van der Waals surface area contributed by atoms with Gasteiger partial charge in [-0.2, -0.15) is 5.10 Å². The van der Waals surface area contributed by atoms with Crippen LogP contribution in [0, 0.1) is 6.92 Å². The number of halogens is 1. The molecule has 0 aliphatic heterocycles. The highest BCUT2D eigenvalue weighted by molar-refractivity contribution is 7.89. The zero-order valence-corrected chi connectivity index (χ0v) is 12.9. The Hall–Kier alpha value is -1.90. The Labute approximate surface area is 126 Å². The Morgan fingerprint density at radius 1 is 1.43 bits per heavy atom. The number of nitrogens with zero attached hydrogens (tertiary/aromatic N) is 2. The Balaban J connectivity index is 2.39. The Bertz CT molecular complexity index is 814. The number of carbonyl (C=O) groups excluding carboxylic acids is 1. The summed E-state index contributed by atoms with van der Waals surface area (Å²) < 4.78 is 24.2. The van der Waals surface area contributed by atoms with Gasteiger partial charge in [-0.1, -0.05) is 17.7 Å². The Morgan fingerprint density at radius 3 is 2.71 bits per heavy atom. The highest BCUT2D eigenvalue weighted by atomic mass is 35.5. The lowest BCUT2D eigenvalue weighted by atomic mass is 10.1. The first-order valence-electron chi connectivity index (χ1n) is 5.82. The molecule has 21 heavy (non-hydrogen) atoms. The van der Waals surface area contributed by atoms with E-state index in [1.807, 2.05) is 0 Å². The molecule has 0 aliphatic rings. The van der Waals surface area contributed by atoms with Gasteiger partial charge in [-0.25, -0.2) is 13.6 Å². The van der Waals surface area contributed by atoms with Crippen LogP contribution in [-0.4, -0.2) is 24.1 Å². The molecule has 0 aliphatic carbocycles. The predicted molar refractivity (Wildman–Crippen MR) is 78.7 cm³/mol. The first-order chi connectivity index (χ1) is 9.68. The monoisotopic (exact) mass is 328 g/mol. The number of nitrogens with two attached hydrogens (primary N) is 1. The molecule has 2 rings (SSSR count). The molecule has 9 heteroatoms. The zero-order valence-electron chi connectivity index (χ0n) is 11.3. The molecular formula is C12H13ClN4O3S. The number of rotatable bonds is 3. The number of aromatic nitrogens is 2. The van der Waals surface area contributed by atoms with E-state index in [0.29, 0.717) is 16.1 Å². The van der Waals surface area contributed by atoms with E-state index in [-0.39, 0.29) is 10.7 Å². The number of anilines is 1. The average molecular weight is 329 g/mol. The lowest BCUT2D eigenvalue weighted by Gasteiger charge is -2.07. The summed E-state index contributed by atoms with van der Waals surface area (Å²) >= 11 is 5.86. The van der Waals surface area contributed by atoms with Crippen molar-refractivity contribution in [2.45, 2.75) is 11.8 Å². The molecule has 3 N–H and O–H groups in total. The van der Waals surface area contributed by atoms with Gasteiger partial charge in [0, 0.05) is 23.8 Å². The number of amides is 1. The number of hydrogen-bond acceptors (Lipinski definition) is 4. The van der Waals surface area contributed by atoms with Crippen molar-refractivity contribution < 1.29 is 13.2 Å². The van der Waals surface area contributed by atoms with E-state index in [9.17, 15) is 13.2 Å². The molecule has 0 saturated carbocycles. The van der Waals surface area contributed by atoms with Gasteiger partial charge in [-0.3, -0.25) is 9.48 Å². The van der Waals surface area contributed by atoms with Crippen molar-refractivity contribution in [3.05, 3.63) is 40.5 Å². The molecule has 2 aromatic rings. The van der Waals surface area contributed by atoms with Gasteiger partial charge in [0.15, 0.2) is 5.82 Å². The van der Waals surface area contributed by atoms with Crippen LogP contribution in [0.5, 0.6) is 0 Å². The maximum atomic E-state index is 12.2. The van der Waals surface area contributed by atoms with Crippen molar-refractivity contribution in [1.29, 1.82) is 0 Å². The molecule has 1 heterocycles. The van der Waals surface area contributed by atoms with Crippen LogP contribution in [0.4, 0.5) is 5.82 Å². The third-order valence-corrected chi connectivity index (χ3v) is 3.92. The fourth-order valence-corrected chi connectivity index (χ4v) is 2.61. The maximum Gasteiger partial charge on any atom is 0.257 e. The van der Waals surface area contributed by atoms with Crippen molar-refractivity contribution in [3.8, 4) is 0 Å². The number of sulfonamides is 1. The van der Waals surface area contributed by atoms with Crippen molar-refractivity contribution >= 4 is 33.3 Å². The first kappa shape index (κ1) is 15.5. The van der Waals surface area contributed by atoms with Crippen molar-refractivity contribution in [2.24, 2.45) is 12.2 Å². The molecule has 0 bridgehead atoms. The Morgan fingerprint density at radius 2 is 2.10 bits per heavy atom. The van der Waals surface area contributed by atoms with E-state index in [0.717, 1.165) is 0 Å². The van der Waals surface area contributed by atoms with E-state index < -0.39 is 15.9 Å². The lowest BCUT2D eigenvalue weighted by molar-refractivity contribution is 0.102. The highest BCUT2D eigenvalue weighted by Gasteiger charge is 2.21. The third kappa shape index (κ3) is 3.41. The highest BCUT2D eigenvalue weighted by Crippen LogP contribution is 2.20. The number of aryl methyl sites for hydroxylation is 2. The summed E-state index contributed by atoms with van der Waals surface area (Å²) in [6.45, 7) is 1.74. The second kappa shape index (κ2) is 5.47. The molecule has 7 nitrogen and oxygen atoms in total. The molecule has 0 atom stereocenters. The van der Waals surface area contributed by atoms with Crippen LogP contribution in [0.2, 0.25) is 5.02 Å². The summed E-state index contributed by atoms with van der Waals surface area (Å²) in [5, 5.41) is 11.8. The first-order valence-corrected chi connectivity index (χ1v) is 7.75. The number of carbonyl (C=O) groups is 1. The second-order valence-electron chi connectivity index (χ2n) is 4.47. The fourth-order valence-electron chi connectivity index (χ4n) is 1.78. The molecule has 1 aromatic heterocycles. The van der Waals surface area contributed by atoms with Crippen LogP contribution in [0.25, 0.3) is 0 Å². The maximum absolute atomic E-state index is 12.2. The van der Waals surface area contributed by atoms with E-state index >= 15 is 0 Å². The van der Waals surface area contributed by atoms with Crippen molar-refractivity contribution in [2.75, 3.05) is 5.32 Å². The number of primary sulfonamides is 1. The van der Waals surface area contributed by atoms with Crippen molar-refractivity contribution in [3.63, 3.8) is 0 Å². The minimum atomic E-state index is -3.98. The minimum Gasteiger partial charge on any atom is -0.304 e. The van der Waals surface area contributed by atoms with E-state index in [1.165, 1.54) is 24.0 Å². The summed E-state index contributed by atoms with van der Waals surface area (Å²) in [6.07, 6.45) is 1.22. The van der Waals surface area contributed by atoms with Gasteiger partial charge in [-0.05, 0) is 24.6 Å². The molecule has 0 fully saturated rings. The summed E-state index contributed by atoms with van der Waals surface area (Å²) in [5.41, 5.74) is 1.03. The summed E-state index contributed by atoms with van der Waals surface area (Å²) in [6, 6.07) is 4.84. The standard InChI is InChI=1S/C12H13ClN4O3S/c1-7-3-4-8(13)5-9(7)12(18)15-11-10(21(14,19)20)6-17(2)16-11/h3-6H,1-2H3,(H2,14,19,20)(H,15,16,18). The number of benzene rings is 1. The molecule has 0 saturated heterocycles. The third-order valence-electron chi connectivity index (χ3n) is 2.78. The van der Waals surface area contributed by atoms with Crippen LogP contribution < -0.4 is 10.5 Å². The molecular weight excluding hydrogens is 316 g/mol. The lowest BCUT2D eigenvalue weighted by Crippen LogP contribution is -2.18. The van der Waals surface area contributed by atoms with Crippen molar-refractivity contribution in [1.82, 2.24) is 9.78 Å². The molecule has 1 aromatic carbocycles. The van der Waals surface area contributed by atoms with Gasteiger partial charge in [0.2, 0.25) is 10.0 Å². The summed E-state index contributed by atoms with van der Waals surface area (Å²) in [7, 11) is -2.46. The van der Waals surface area contributed by atoms with Gasteiger partial charge in [0.05, 0.1) is 0 Å². The topological polar surface area (TPSA) is 107 Å². The molecule has 1 amide bonds. The van der Waals surface area contributed by atoms with Crippen LogP contribution in [0.15, 0.2) is 29.3 Å². The molecule has 0 radical (unpaired) electrons. The average Bonchev–Trinajstić information content (AvgIpc) is 2.73. The van der Waals surface area contributed by atoms with Crippen LogP contribution >= 0.6 is 11.6 Å². The minimum absolute atomic E-state index is 0.121. The van der Waals surface area contributed by atoms with Gasteiger partial charge in [0.1, 0.15) is 4.90 Å². The number of hydrogen-bond donors (Lipinski definition) is 2. The zero-order chi connectivity index (χ0) is 15.8. The molecule has 0 spiro atoms. The Kier molecular flexibility index (Phi) is 4.04. The second-order valence-corrected chi connectivity index (χ2v) is 6.44. The molecule has 112 valence electrons. The SMILES string of the molecule is Cc1ccc(Cl)cc1C(=O)Nc1nn(C)cc1S(N)(=O)=O. The van der Waals surface area contributed by atoms with Crippen LogP contribution in [-0.2, 0) is 17.1 Å². The number of nitrogens with one attached hydrogen (secondary N) is 1. The van der Waals surface area contributed by atoms with Crippen LogP contribution in [0.3, 0.4) is 0 Å². The van der Waals surface area contributed by atoms with E-state index in [4.69, 9.17) is 16.7 Å². The van der Waals surface area contributed by atoms with E-state index in [2.05, 4.69) is 10.4 Å². The molecule has 0 unspecified atom stereocenters. The smallest absolute Gasteiger partial charge is 0.257 e. The summed E-state index contributed by atoms with van der Waals surface area (Å²) in [4.78, 5) is 12.0. The summed E-state index contributed by atoms with van der Waals surface area (Å²) in [5.74, 6) is -0.636. The fraction of sp³-hybridized carbons (Fsp3) is 0.167. The quantitative estimate of drug-likeness (QED) is 0.884. The van der Waals surface area contributed by atoms with Gasteiger partial charge in [0.25, 0.3) is 5.91 Å². The normalized spacial score (nSPS) is 11.4. The van der Waals surface area contributed by atoms with Crippen LogP contribution in [0.1, 0.15) is 15.9 Å². The predicted octanol–water partition coefficient (Wildman–Crippen LogP) is 1.28. The van der Waals surface area contributed by atoms with Gasteiger partial charge < -0.3 is 5.32 Å². The van der Waals surface area contributed by atoms with Gasteiger partial charge >= 0.3 is 0 Å². The largest absolute Gasteiger partial charge is 0.304 e. The van der Waals surface area contributed by atoms with E-state index in [1.54, 1.807) is 19.1 Å². The van der Waals surface area contributed by atoms with Gasteiger partial charge in [-0.15, -0.1) is 0 Å².